The van der Waals surface area contributed by atoms with Crippen molar-refractivity contribution in [2.45, 2.75) is 5.75 Å². The summed E-state index contributed by atoms with van der Waals surface area (Å²) in [4.78, 5) is 25.8. The van der Waals surface area contributed by atoms with E-state index in [9.17, 15) is 18.0 Å². The van der Waals surface area contributed by atoms with Crippen LogP contribution >= 0.6 is 10.7 Å². The molecule has 0 spiro atoms. The molecule has 0 aliphatic carbocycles. The Hall–Kier alpha value is -2.18. The average molecular weight is 336 g/mol. The van der Waals surface area contributed by atoms with Gasteiger partial charge in [-0.15, -0.1) is 0 Å². The van der Waals surface area contributed by atoms with Gasteiger partial charge in [-0.2, -0.15) is 0 Å². The van der Waals surface area contributed by atoms with E-state index in [0.29, 0.717) is 22.4 Å². The summed E-state index contributed by atoms with van der Waals surface area (Å²) >= 11 is 0. The van der Waals surface area contributed by atoms with Crippen molar-refractivity contribution in [2.24, 2.45) is 0 Å². The van der Waals surface area contributed by atoms with Gasteiger partial charge in [-0.1, -0.05) is 24.3 Å². The number of rotatable bonds is 3. The highest BCUT2D eigenvalue weighted by Gasteiger charge is 2.36. The Bertz CT molecular complexity index is 857. The van der Waals surface area contributed by atoms with E-state index in [1.165, 1.54) is 6.07 Å². The van der Waals surface area contributed by atoms with Gasteiger partial charge in [0.05, 0.1) is 22.6 Å². The molecule has 0 atom stereocenters. The predicted octanol–water partition coefficient (Wildman–Crippen LogP) is 2.56. The lowest BCUT2D eigenvalue weighted by molar-refractivity contribution is 0.0926. The second-order valence-electron chi connectivity index (χ2n) is 4.84. The lowest BCUT2D eigenvalue weighted by Gasteiger charge is -2.14. The molecule has 1 aliphatic heterocycles. The van der Waals surface area contributed by atoms with Gasteiger partial charge in [0.2, 0.25) is 9.05 Å². The molecule has 7 heteroatoms. The molecular weight excluding hydrogens is 326 g/mol. The number of hydrogen-bond acceptors (Lipinski definition) is 4. The molecule has 2 amide bonds. The maximum Gasteiger partial charge on any atom is 0.266 e. The summed E-state index contributed by atoms with van der Waals surface area (Å²) in [5.74, 6) is -1.22. The molecule has 0 unspecified atom stereocenters. The number of halogens is 1. The molecule has 2 aromatic rings. The Morgan fingerprint density at radius 2 is 1.50 bits per heavy atom. The fourth-order valence-corrected chi connectivity index (χ4v) is 3.36. The van der Waals surface area contributed by atoms with Gasteiger partial charge in [0, 0.05) is 10.7 Å². The van der Waals surface area contributed by atoms with Crippen LogP contribution in [0.1, 0.15) is 26.3 Å². The number of carbonyl (C=O) groups excluding carboxylic acids is 2. The number of carbonyl (C=O) groups is 2. The summed E-state index contributed by atoms with van der Waals surface area (Å²) in [6.45, 7) is 0. The second kappa shape index (κ2) is 5.23. The normalized spacial score (nSPS) is 14.3. The lowest BCUT2D eigenvalue weighted by Crippen LogP contribution is -2.29. The van der Waals surface area contributed by atoms with Crippen LogP contribution in [0.2, 0.25) is 0 Å². The van der Waals surface area contributed by atoms with Crippen LogP contribution < -0.4 is 4.90 Å². The molecule has 0 aromatic heterocycles. The maximum atomic E-state index is 12.4. The van der Waals surface area contributed by atoms with Crippen molar-refractivity contribution >= 4 is 37.2 Å². The van der Waals surface area contributed by atoms with Gasteiger partial charge in [-0.3, -0.25) is 9.59 Å². The fraction of sp³-hybridized carbons (Fsp3) is 0.0667. The van der Waals surface area contributed by atoms with Crippen LogP contribution in [0.4, 0.5) is 5.69 Å². The largest absolute Gasteiger partial charge is 0.268 e. The highest BCUT2D eigenvalue weighted by molar-refractivity contribution is 8.13. The molecule has 2 aromatic carbocycles. The molecule has 22 heavy (non-hydrogen) atoms. The van der Waals surface area contributed by atoms with Crippen LogP contribution in [-0.4, -0.2) is 20.2 Å². The monoisotopic (exact) mass is 335 g/mol. The van der Waals surface area contributed by atoms with Crippen molar-refractivity contribution < 1.29 is 18.0 Å². The summed E-state index contributed by atoms with van der Waals surface area (Å²) in [5.41, 5.74) is 1.40. The molecule has 0 bridgehead atoms. The molecule has 0 N–H and O–H groups in total. The Kier molecular flexibility index (Phi) is 3.50. The first-order valence-electron chi connectivity index (χ1n) is 6.36. The van der Waals surface area contributed by atoms with Gasteiger partial charge in [0.1, 0.15) is 0 Å². The Labute approximate surface area is 131 Å². The van der Waals surface area contributed by atoms with Crippen molar-refractivity contribution in [3.8, 4) is 0 Å². The molecule has 112 valence electrons. The zero-order chi connectivity index (χ0) is 15.9. The van der Waals surface area contributed by atoms with E-state index in [1.54, 1.807) is 42.5 Å². The van der Waals surface area contributed by atoms with Gasteiger partial charge < -0.3 is 0 Å². The quantitative estimate of drug-likeness (QED) is 0.638. The SMILES string of the molecule is O=C1c2ccccc2C(=O)N1c1cccc(CS(=O)(=O)Cl)c1. The standard InChI is InChI=1S/C15H10ClNO4S/c16-22(20,21)9-10-4-3-5-11(8-10)17-14(18)12-6-1-2-7-13(12)15(17)19/h1-8H,9H2. The van der Waals surface area contributed by atoms with Crippen LogP contribution in [0.3, 0.4) is 0 Å². The second-order valence-corrected chi connectivity index (χ2v) is 7.62. The number of imide groups is 1. The smallest absolute Gasteiger partial charge is 0.266 e. The van der Waals surface area contributed by atoms with Crippen molar-refractivity contribution in [1.29, 1.82) is 0 Å². The van der Waals surface area contributed by atoms with E-state index < -0.39 is 20.9 Å². The van der Waals surface area contributed by atoms with Crippen molar-refractivity contribution in [3.63, 3.8) is 0 Å². The number of fused-ring (bicyclic) bond motifs is 1. The Morgan fingerprint density at radius 3 is 2.05 bits per heavy atom. The predicted molar refractivity (Wildman–Crippen MR) is 82.5 cm³/mol. The fourth-order valence-electron chi connectivity index (χ4n) is 2.41. The zero-order valence-electron chi connectivity index (χ0n) is 11.2. The summed E-state index contributed by atoms with van der Waals surface area (Å²) in [6.07, 6.45) is 0. The number of benzene rings is 2. The van der Waals surface area contributed by atoms with Crippen LogP contribution in [0.5, 0.6) is 0 Å². The van der Waals surface area contributed by atoms with Gasteiger partial charge in [-0.25, -0.2) is 13.3 Å². The van der Waals surface area contributed by atoms with Crippen LogP contribution in [0.25, 0.3) is 0 Å². The van der Waals surface area contributed by atoms with Crippen LogP contribution in [-0.2, 0) is 14.8 Å². The van der Waals surface area contributed by atoms with E-state index in [-0.39, 0.29) is 5.75 Å². The zero-order valence-corrected chi connectivity index (χ0v) is 12.8. The summed E-state index contributed by atoms with van der Waals surface area (Å²) in [7, 11) is 1.52. The molecule has 0 saturated carbocycles. The van der Waals surface area contributed by atoms with E-state index >= 15 is 0 Å². The molecule has 1 heterocycles. The minimum Gasteiger partial charge on any atom is -0.268 e. The van der Waals surface area contributed by atoms with Crippen LogP contribution in [0, 0.1) is 0 Å². The molecule has 1 aliphatic rings. The number of amides is 2. The Balaban J connectivity index is 2.01. The van der Waals surface area contributed by atoms with Crippen molar-refractivity contribution in [2.75, 3.05) is 4.90 Å². The van der Waals surface area contributed by atoms with Gasteiger partial charge in [-0.05, 0) is 29.8 Å². The van der Waals surface area contributed by atoms with Crippen LogP contribution in [0.15, 0.2) is 48.5 Å². The maximum absolute atomic E-state index is 12.4. The minimum atomic E-state index is -3.71. The number of nitrogens with zero attached hydrogens (tertiary/aromatic N) is 1. The minimum absolute atomic E-state index is 0.323. The lowest BCUT2D eigenvalue weighted by atomic mass is 10.1. The molecule has 0 radical (unpaired) electrons. The third kappa shape index (κ3) is 2.63. The summed E-state index contributed by atoms with van der Waals surface area (Å²) < 4.78 is 22.3. The number of anilines is 1. The molecule has 0 fully saturated rings. The molecule has 0 saturated heterocycles. The topological polar surface area (TPSA) is 71.5 Å². The first-order valence-corrected chi connectivity index (χ1v) is 8.84. The highest BCUT2D eigenvalue weighted by Crippen LogP contribution is 2.29. The summed E-state index contributed by atoms with van der Waals surface area (Å²) in [5, 5.41) is 0. The van der Waals surface area contributed by atoms with E-state index in [0.717, 1.165) is 4.90 Å². The van der Waals surface area contributed by atoms with Crippen molar-refractivity contribution in [3.05, 3.63) is 65.2 Å². The van der Waals surface area contributed by atoms with E-state index in [2.05, 4.69) is 0 Å². The van der Waals surface area contributed by atoms with E-state index in [4.69, 9.17) is 10.7 Å². The van der Waals surface area contributed by atoms with E-state index in [1.807, 2.05) is 0 Å². The first kappa shape index (κ1) is 14.7. The van der Waals surface area contributed by atoms with Crippen molar-refractivity contribution in [1.82, 2.24) is 0 Å². The third-order valence-corrected chi connectivity index (χ3v) is 4.31. The average Bonchev–Trinajstić information content (AvgIpc) is 2.70. The number of hydrogen-bond donors (Lipinski definition) is 0. The van der Waals surface area contributed by atoms with Gasteiger partial charge in [0.25, 0.3) is 11.8 Å². The Morgan fingerprint density at radius 1 is 0.909 bits per heavy atom. The molecule has 3 rings (SSSR count). The molecular formula is C15H10ClNO4S. The van der Waals surface area contributed by atoms with Gasteiger partial charge >= 0.3 is 0 Å². The highest BCUT2D eigenvalue weighted by atomic mass is 35.7. The summed E-state index contributed by atoms with van der Waals surface area (Å²) in [6, 6.07) is 12.7. The molecule has 5 nitrogen and oxygen atoms in total. The third-order valence-electron chi connectivity index (χ3n) is 3.30. The first-order chi connectivity index (χ1) is 10.4. The van der Waals surface area contributed by atoms with Gasteiger partial charge in [0.15, 0.2) is 0 Å².